The molecule has 0 aliphatic carbocycles. The summed E-state index contributed by atoms with van der Waals surface area (Å²) in [6, 6.07) is 0.897. The summed E-state index contributed by atoms with van der Waals surface area (Å²) in [5.74, 6) is -0.790. The summed E-state index contributed by atoms with van der Waals surface area (Å²) < 4.78 is 0. The Bertz CT molecular complexity index is 598. The largest absolute Gasteiger partial charge is 0.388 e. The number of aromatic amines is 1. The molecule has 0 unspecified atom stereocenters. The highest BCUT2D eigenvalue weighted by atomic mass is 16.6. The molecule has 8 nitrogen and oxygen atoms in total. The van der Waals surface area contributed by atoms with Gasteiger partial charge in [0.1, 0.15) is 5.56 Å². The first-order valence-electron chi connectivity index (χ1n) is 5.88. The fourth-order valence-corrected chi connectivity index (χ4v) is 1.25. The van der Waals surface area contributed by atoms with Crippen LogP contribution in [0.2, 0.25) is 0 Å². The van der Waals surface area contributed by atoms with E-state index in [-0.39, 0.29) is 5.56 Å². The molecule has 1 rings (SSSR count). The molecule has 1 aromatic heterocycles. The third kappa shape index (κ3) is 3.21. The monoisotopic (exact) mass is 283 g/mol. The zero-order chi connectivity index (χ0) is 15.7. The number of pyridine rings is 1. The fraction of sp³-hybridized carbons (Fsp3) is 0.500. The Balaban J connectivity index is 3.14. The van der Waals surface area contributed by atoms with Gasteiger partial charge in [-0.1, -0.05) is 0 Å². The average molecular weight is 283 g/mol. The van der Waals surface area contributed by atoms with E-state index in [4.69, 9.17) is 0 Å². The quantitative estimate of drug-likeness (QED) is 0.550. The first-order valence-corrected chi connectivity index (χ1v) is 5.88. The Kier molecular flexibility index (Phi) is 3.99. The molecule has 1 heterocycles. The van der Waals surface area contributed by atoms with Crippen molar-refractivity contribution < 1.29 is 14.8 Å². The molecule has 0 saturated heterocycles. The third-order valence-corrected chi connectivity index (χ3v) is 3.30. The molecule has 0 fully saturated rings. The maximum absolute atomic E-state index is 12.0. The zero-order valence-corrected chi connectivity index (χ0v) is 11.7. The standard InChI is InChI=1S/C12H17N3O5/c1-11(2,12(3,4)18)14-10(17)8-5-7(15(19)20)6-13-9(8)16/h5-6,18H,1-4H3,(H,13,16)(H,14,17). The molecule has 0 bridgehead atoms. The van der Waals surface area contributed by atoms with Crippen LogP contribution in [0.5, 0.6) is 0 Å². The van der Waals surface area contributed by atoms with Crippen LogP contribution in [0.25, 0.3) is 0 Å². The summed E-state index contributed by atoms with van der Waals surface area (Å²) in [4.78, 5) is 35.7. The van der Waals surface area contributed by atoms with Gasteiger partial charge in [0, 0.05) is 6.07 Å². The summed E-state index contributed by atoms with van der Waals surface area (Å²) in [5, 5.41) is 23.1. The molecule has 0 atom stereocenters. The van der Waals surface area contributed by atoms with E-state index < -0.39 is 33.2 Å². The van der Waals surface area contributed by atoms with E-state index in [1.54, 1.807) is 13.8 Å². The van der Waals surface area contributed by atoms with Crippen molar-refractivity contribution in [2.75, 3.05) is 0 Å². The van der Waals surface area contributed by atoms with Crippen LogP contribution in [0.4, 0.5) is 5.69 Å². The van der Waals surface area contributed by atoms with Crippen molar-refractivity contribution in [2.24, 2.45) is 0 Å². The number of nitro groups is 1. The minimum Gasteiger partial charge on any atom is -0.388 e. The van der Waals surface area contributed by atoms with E-state index in [1.165, 1.54) is 13.8 Å². The summed E-state index contributed by atoms with van der Waals surface area (Å²) >= 11 is 0. The van der Waals surface area contributed by atoms with Crippen LogP contribution < -0.4 is 10.9 Å². The van der Waals surface area contributed by atoms with Gasteiger partial charge in [0.05, 0.1) is 22.3 Å². The van der Waals surface area contributed by atoms with E-state index in [0.717, 1.165) is 12.3 Å². The van der Waals surface area contributed by atoms with E-state index in [9.17, 15) is 24.8 Å². The number of nitrogens with one attached hydrogen (secondary N) is 2. The molecular weight excluding hydrogens is 266 g/mol. The fourth-order valence-electron chi connectivity index (χ4n) is 1.25. The smallest absolute Gasteiger partial charge is 0.286 e. The van der Waals surface area contributed by atoms with Crippen LogP contribution in [-0.2, 0) is 0 Å². The maximum atomic E-state index is 12.0. The lowest BCUT2D eigenvalue weighted by molar-refractivity contribution is -0.385. The summed E-state index contributed by atoms with van der Waals surface area (Å²) in [7, 11) is 0. The molecule has 8 heteroatoms. The zero-order valence-electron chi connectivity index (χ0n) is 11.7. The van der Waals surface area contributed by atoms with Crippen molar-refractivity contribution in [3.8, 4) is 0 Å². The lowest BCUT2D eigenvalue weighted by Crippen LogP contribution is -2.58. The van der Waals surface area contributed by atoms with Crippen molar-refractivity contribution in [3.05, 3.63) is 38.3 Å². The molecule has 0 saturated carbocycles. The van der Waals surface area contributed by atoms with Crippen LogP contribution in [0.3, 0.4) is 0 Å². The number of amides is 1. The number of hydrogen-bond donors (Lipinski definition) is 3. The number of aliphatic hydroxyl groups is 1. The van der Waals surface area contributed by atoms with Gasteiger partial charge in [-0.15, -0.1) is 0 Å². The first kappa shape index (κ1) is 15.8. The highest BCUT2D eigenvalue weighted by Gasteiger charge is 2.37. The van der Waals surface area contributed by atoms with Crippen LogP contribution in [0.1, 0.15) is 38.1 Å². The van der Waals surface area contributed by atoms with Crippen LogP contribution in [0, 0.1) is 10.1 Å². The number of aromatic nitrogens is 1. The van der Waals surface area contributed by atoms with Gasteiger partial charge in [0.15, 0.2) is 0 Å². The molecule has 3 N–H and O–H groups in total. The predicted octanol–water partition coefficient (Wildman–Crippen LogP) is 0.562. The Hall–Kier alpha value is -2.22. The normalized spacial score (nSPS) is 12.1. The number of carbonyl (C=O) groups is 1. The van der Waals surface area contributed by atoms with Crippen molar-refractivity contribution in [1.29, 1.82) is 0 Å². The number of nitrogens with zero attached hydrogens (tertiary/aromatic N) is 1. The second kappa shape index (κ2) is 5.04. The SMILES string of the molecule is CC(C)(O)C(C)(C)NC(=O)c1cc([N+](=O)[O-])c[nH]c1=O. The van der Waals surface area contributed by atoms with E-state index in [0.29, 0.717) is 0 Å². The lowest BCUT2D eigenvalue weighted by atomic mass is 9.86. The Morgan fingerprint density at radius 2 is 1.95 bits per heavy atom. The topological polar surface area (TPSA) is 125 Å². The number of H-pyrrole nitrogens is 1. The van der Waals surface area contributed by atoms with E-state index >= 15 is 0 Å². The summed E-state index contributed by atoms with van der Waals surface area (Å²) in [6.45, 7) is 6.17. The number of rotatable bonds is 4. The highest BCUT2D eigenvalue weighted by Crippen LogP contribution is 2.21. The first-order chi connectivity index (χ1) is 8.95. The van der Waals surface area contributed by atoms with Crippen molar-refractivity contribution in [1.82, 2.24) is 10.3 Å². The number of hydrogen-bond acceptors (Lipinski definition) is 5. The van der Waals surface area contributed by atoms with Gasteiger partial charge in [-0.25, -0.2) is 0 Å². The predicted molar refractivity (Wildman–Crippen MR) is 71.6 cm³/mol. The second-order valence-corrected chi connectivity index (χ2v) is 5.50. The molecule has 20 heavy (non-hydrogen) atoms. The van der Waals surface area contributed by atoms with Crippen molar-refractivity contribution >= 4 is 11.6 Å². The molecule has 0 aromatic carbocycles. The molecule has 110 valence electrons. The van der Waals surface area contributed by atoms with Crippen LogP contribution >= 0.6 is 0 Å². The average Bonchev–Trinajstić information content (AvgIpc) is 2.26. The van der Waals surface area contributed by atoms with Gasteiger partial charge < -0.3 is 15.4 Å². The molecule has 0 aliphatic rings. The Morgan fingerprint density at radius 1 is 1.40 bits per heavy atom. The van der Waals surface area contributed by atoms with Gasteiger partial charge in [-0.3, -0.25) is 19.7 Å². The summed E-state index contributed by atoms with van der Waals surface area (Å²) in [6.07, 6.45) is 0.917. The maximum Gasteiger partial charge on any atom is 0.286 e. The highest BCUT2D eigenvalue weighted by molar-refractivity contribution is 5.94. The van der Waals surface area contributed by atoms with Gasteiger partial charge in [-0.2, -0.15) is 0 Å². The molecule has 0 aliphatic heterocycles. The van der Waals surface area contributed by atoms with Gasteiger partial charge in [0.25, 0.3) is 17.2 Å². The second-order valence-electron chi connectivity index (χ2n) is 5.50. The Labute approximate surface area is 115 Å². The minimum atomic E-state index is -1.24. The van der Waals surface area contributed by atoms with E-state index in [1.807, 2.05) is 0 Å². The van der Waals surface area contributed by atoms with Crippen molar-refractivity contribution in [3.63, 3.8) is 0 Å². The van der Waals surface area contributed by atoms with Gasteiger partial charge in [0.2, 0.25) is 0 Å². The van der Waals surface area contributed by atoms with Gasteiger partial charge >= 0.3 is 0 Å². The molecule has 1 amide bonds. The summed E-state index contributed by atoms with van der Waals surface area (Å²) in [5.41, 5.74) is -3.77. The van der Waals surface area contributed by atoms with Gasteiger partial charge in [-0.05, 0) is 27.7 Å². The lowest BCUT2D eigenvalue weighted by Gasteiger charge is -2.37. The molecule has 1 aromatic rings. The van der Waals surface area contributed by atoms with Crippen LogP contribution in [0.15, 0.2) is 17.1 Å². The minimum absolute atomic E-state index is 0.378. The third-order valence-electron chi connectivity index (χ3n) is 3.30. The molecule has 0 spiro atoms. The number of carbonyl (C=O) groups excluding carboxylic acids is 1. The molecule has 0 radical (unpaired) electrons. The van der Waals surface area contributed by atoms with Crippen LogP contribution in [-0.4, -0.2) is 32.1 Å². The van der Waals surface area contributed by atoms with E-state index in [2.05, 4.69) is 10.3 Å². The van der Waals surface area contributed by atoms with Crippen molar-refractivity contribution in [2.45, 2.75) is 38.8 Å². The Morgan fingerprint density at radius 3 is 2.40 bits per heavy atom. The molecular formula is C12H17N3O5.